The van der Waals surface area contributed by atoms with E-state index in [0.717, 1.165) is 11.1 Å². The van der Waals surface area contributed by atoms with Crippen LogP contribution >= 0.6 is 11.8 Å². The van der Waals surface area contributed by atoms with E-state index in [0.29, 0.717) is 16.7 Å². The van der Waals surface area contributed by atoms with Crippen molar-refractivity contribution >= 4 is 17.7 Å². The second-order valence-corrected chi connectivity index (χ2v) is 7.42. The van der Waals surface area contributed by atoms with E-state index in [1.54, 1.807) is 31.4 Å². The number of nitrogen functional groups attached to an aromatic ring is 1. The first-order valence-electron chi connectivity index (χ1n) is 8.34. The average molecular weight is 389 g/mol. The van der Waals surface area contributed by atoms with Gasteiger partial charge in [-0.1, -0.05) is 23.9 Å². The number of hydrogen-bond acceptors (Lipinski definition) is 6. The Morgan fingerprint density at radius 1 is 1.26 bits per heavy atom. The van der Waals surface area contributed by atoms with Gasteiger partial charge in [0.1, 0.15) is 11.6 Å². The summed E-state index contributed by atoms with van der Waals surface area (Å²) in [4.78, 5) is 12.5. The van der Waals surface area contributed by atoms with Crippen molar-refractivity contribution in [2.75, 3.05) is 5.84 Å². The monoisotopic (exact) mass is 389 g/mol. The number of nitrogens with zero attached hydrogens (tertiary/aromatic N) is 3. The third kappa shape index (κ3) is 4.13. The number of thioether (sulfide) groups is 1. The Hall–Kier alpha value is -2.81. The minimum Gasteiger partial charge on any atom is -0.469 e. The predicted octanol–water partition coefficient (Wildman–Crippen LogP) is 3.06. The van der Waals surface area contributed by atoms with Crippen LogP contribution < -0.4 is 11.2 Å². The summed E-state index contributed by atoms with van der Waals surface area (Å²) in [5.41, 5.74) is 1.57. The van der Waals surface area contributed by atoms with E-state index in [2.05, 4.69) is 15.5 Å². The van der Waals surface area contributed by atoms with Gasteiger partial charge < -0.3 is 15.6 Å². The molecule has 142 valence electrons. The van der Waals surface area contributed by atoms with E-state index in [9.17, 15) is 9.18 Å². The van der Waals surface area contributed by atoms with Crippen molar-refractivity contribution < 1.29 is 13.6 Å². The van der Waals surface area contributed by atoms with E-state index >= 15 is 0 Å². The largest absolute Gasteiger partial charge is 0.469 e. The molecular formula is C18H20FN5O2S. The second-order valence-electron chi connectivity index (χ2n) is 6.11. The molecule has 2 unspecified atom stereocenters. The van der Waals surface area contributed by atoms with Crippen LogP contribution in [-0.4, -0.2) is 26.0 Å². The van der Waals surface area contributed by atoms with Crippen molar-refractivity contribution in [2.24, 2.45) is 0 Å². The Morgan fingerprint density at radius 2 is 1.96 bits per heavy atom. The molecule has 7 nitrogen and oxygen atoms in total. The van der Waals surface area contributed by atoms with Gasteiger partial charge in [-0.15, -0.1) is 10.2 Å². The molecular weight excluding hydrogens is 369 g/mol. The van der Waals surface area contributed by atoms with Crippen molar-refractivity contribution in [3.05, 3.63) is 53.7 Å². The van der Waals surface area contributed by atoms with Gasteiger partial charge >= 0.3 is 0 Å². The summed E-state index contributed by atoms with van der Waals surface area (Å²) in [5, 5.41) is 11.0. The van der Waals surface area contributed by atoms with Crippen LogP contribution in [0, 0.1) is 12.7 Å². The summed E-state index contributed by atoms with van der Waals surface area (Å²) < 4.78 is 19.6. The van der Waals surface area contributed by atoms with E-state index in [4.69, 9.17) is 10.3 Å². The highest BCUT2D eigenvalue weighted by atomic mass is 32.2. The lowest BCUT2D eigenvalue weighted by molar-refractivity contribution is -0.120. The van der Waals surface area contributed by atoms with Crippen molar-refractivity contribution in [1.82, 2.24) is 20.2 Å². The van der Waals surface area contributed by atoms with Gasteiger partial charge in [0, 0.05) is 0 Å². The van der Waals surface area contributed by atoms with E-state index in [1.165, 1.54) is 28.6 Å². The van der Waals surface area contributed by atoms with Gasteiger partial charge in [0.25, 0.3) is 0 Å². The highest BCUT2D eigenvalue weighted by molar-refractivity contribution is 8.00. The number of carbonyl (C=O) groups is 1. The molecule has 0 saturated carbocycles. The van der Waals surface area contributed by atoms with Crippen LogP contribution in [0.5, 0.6) is 0 Å². The lowest BCUT2D eigenvalue weighted by atomic mass is 10.1. The molecule has 2 heterocycles. The van der Waals surface area contributed by atoms with Crippen molar-refractivity contribution in [2.45, 2.75) is 37.2 Å². The molecule has 1 aromatic carbocycles. The molecule has 1 amide bonds. The molecule has 0 aliphatic heterocycles. The number of hydrogen-bond donors (Lipinski definition) is 2. The number of benzene rings is 1. The van der Waals surface area contributed by atoms with E-state index < -0.39 is 5.25 Å². The maximum Gasteiger partial charge on any atom is 0.233 e. The van der Waals surface area contributed by atoms with Crippen LogP contribution in [0.4, 0.5) is 4.39 Å². The lowest BCUT2D eigenvalue weighted by Crippen LogP contribution is -2.33. The van der Waals surface area contributed by atoms with Gasteiger partial charge in [-0.2, -0.15) is 0 Å². The highest BCUT2D eigenvalue weighted by Gasteiger charge is 2.22. The fourth-order valence-corrected chi connectivity index (χ4v) is 3.31. The fourth-order valence-electron chi connectivity index (χ4n) is 2.54. The quantitative estimate of drug-likeness (QED) is 0.497. The smallest absolute Gasteiger partial charge is 0.233 e. The number of nitrogens with two attached hydrogens (primary N) is 1. The third-order valence-electron chi connectivity index (χ3n) is 4.14. The van der Waals surface area contributed by atoms with E-state index in [1.807, 2.05) is 13.8 Å². The van der Waals surface area contributed by atoms with Gasteiger partial charge in [-0.25, -0.2) is 9.07 Å². The standard InChI is InChI=1S/C18H20FN5O2S/c1-10(13-4-6-14(19)7-5-13)21-17(25)12(3)27-18-23-22-16(24(18)20)15-8-9-26-11(15)2/h4-10,12H,20H2,1-3H3,(H,21,25). The molecule has 2 aromatic heterocycles. The molecule has 9 heteroatoms. The molecule has 27 heavy (non-hydrogen) atoms. The Morgan fingerprint density at radius 3 is 2.59 bits per heavy atom. The number of furan rings is 1. The van der Waals surface area contributed by atoms with Gasteiger partial charge in [0.15, 0.2) is 5.82 Å². The normalized spacial score (nSPS) is 13.3. The molecule has 0 aliphatic rings. The lowest BCUT2D eigenvalue weighted by Gasteiger charge is -2.17. The maximum atomic E-state index is 13.0. The number of aromatic nitrogens is 3. The van der Waals surface area contributed by atoms with Crippen LogP contribution in [0.1, 0.15) is 31.2 Å². The summed E-state index contributed by atoms with van der Waals surface area (Å²) in [7, 11) is 0. The minimum absolute atomic E-state index is 0.180. The third-order valence-corrected chi connectivity index (χ3v) is 5.20. The summed E-state index contributed by atoms with van der Waals surface area (Å²) in [6.45, 7) is 5.41. The molecule has 0 aliphatic carbocycles. The van der Waals surface area contributed by atoms with Gasteiger partial charge in [0.2, 0.25) is 11.1 Å². The fraction of sp³-hybridized carbons (Fsp3) is 0.278. The number of nitrogens with one attached hydrogen (secondary N) is 1. The Bertz CT molecular complexity index is 938. The second kappa shape index (κ2) is 7.83. The van der Waals surface area contributed by atoms with Crippen molar-refractivity contribution in [3.8, 4) is 11.4 Å². The molecule has 2 atom stereocenters. The Balaban J connectivity index is 1.65. The zero-order chi connectivity index (χ0) is 19.6. The molecule has 3 N–H and O–H groups in total. The number of carbonyl (C=O) groups excluding carboxylic acids is 1. The molecule has 0 radical (unpaired) electrons. The number of amides is 1. The summed E-state index contributed by atoms with van der Waals surface area (Å²) in [6, 6.07) is 7.54. The topological polar surface area (TPSA) is 99.0 Å². The molecule has 0 saturated heterocycles. The SMILES string of the molecule is Cc1occc1-c1nnc(SC(C)C(=O)NC(C)c2ccc(F)cc2)n1N. The molecule has 0 fully saturated rings. The first-order valence-corrected chi connectivity index (χ1v) is 9.22. The van der Waals surface area contributed by atoms with Gasteiger partial charge in [0.05, 0.1) is 23.1 Å². The highest BCUT2D eigenvalue weighted by Crippen LogP contribution is 2.27. The van der Waals surface area contributed by atoms with Crippen LogP contribution in [0.25, 0.3) is 11.4 Å². The zero-order valence-corrected chi connectivity index (χ0v) is 16.0. The van der Waals surface area contributed by atoms with Crippen LogP contribution in [0.2, 0.25) is 0 Å². The predicted molar refractivity (Wildman–Crippen MR) is 101 cm³/mol. The Labute approximate surface area is 160 Å². The van der Waals surface area contributed by atoms with Gasteiger partial charge in [-0.3, -0.25) is 4.79 Å². The van der Waals surface area contributed by atoms with E-state index in [-0.39, 0.29) is 17.8 Å². The summed E-state index contributed by atoms with van der Waals surface area (Å²) >= 11 is 1.20. The average Bonchev–Trinajstić information content (AvgIpc) is 3.21. The number of aryl methyl sites for hydroxylation is 1. The van der Waals surface area contributed by atoms with Crippen LogP contribution in [-0.2, 0) is 4.79 Å². The summed E-state index contributed by atoms with van der Waals surface area (Å²) in [5.74, 6) is 6.74. The maximum absolute atomic E-state index is 13.0. The van der Waals surface area contributed by atoms with Gasteiger partial charge in [-0.05, 0) is 44.5 Å². The first kappa shape index (κ1) is 19.0. The zero-order valence-electron chi connectivity index (χ0n) is 15.1. The summed E-state index contributed by atoms with van der Waals surface area (Å²) in [6.07, 6.45) is 1.55. The molecule has 3 rings (SSSR count). The molecule has 0 bridgehead atoms. The van der Waals surface area contributed by atoms with Crippen LogP contribution in [0.3, 0.4) is 0 Å². The van der Waals surface area contributed by atoms with Crippen molar-refractivity contribution in [1.29, 1.82) is 0 Å². The number of rotatable bonds is 6. The minimum atomic E-state index is -0.447. The first-order chi connectivity index (χ1) is 12.9. The number of halogens is 1. The van der Waals surface area contributed by atoms with Crippen molar-refractivity contribution in [3.63, 3.8) is 0 Å². The molecule has 0 spiro atoms. The van der Waals surface area contributed by atoms with Crippen LogP contribution in [0.15, 0.2) is 46.2 Å². The Kier molecular flexibility index (Phi) is 5.50. The molecule has 3 aromatic rings.